The Balaban J connectivity index is 1.24. The Kier molecular flexibility index (Phi) is 10.4. The molecule has 7 aliphatic rings. The topological polar surface area (TPSA) is 137 Å². The van der Waals surface area contributed by atoms with E-state index < -0.39 is 51.7 Å². The van der Waals surface area contributed by atoms with Gasteiger partial charge in [-0.15, -0.1) is 5.92 Å². The van der Waals surface area contributed by atoms with E-state index >= 15 is 0 Å². The lowest BCUT2D eigenvalue weighted by Gasteiger charge is -2.73. The van der Waals surface area contributed by atoms with Crippen molar-refractivity contribution < 1.29 is 34.4 Å². The van der Waals surface area contributed by atoms with Crippen molar-refractivity contribution in [1.29, 1.82) is 0 Å². The highest BCUT2D eigenvalue weighted by molar-refractivity contribution is 5.85. The van der Waals surface area contributed by atoms with Gasteiger partial charge in [-0.2, -0.15) is 0 Å². The molecule has 4 saturated carbocycles. The van der Waals surface area contributed by atoms with E-state index in [0.29, 0.717) is 38.0 Å². The molecule has 0 unspecified atom stereocenters. The number of aliphatic hydroxyl groups is 3. The molecule has 3 aliphatic heterocycles. The largest absolute Gasteiger partial charge is 0.458 e. The van der Waals surface area contributed by atoms with Crippen molar-refractivity contribution in [2.24, 2.45) is 39.4 Å². The van der Waals surface area contributed by atoms with Crippen LogP contribution in [0, 0.1) is 51.3 Å². The first-order valence-corrected chi connectivity index (χ1v) is 21.5. The summed E-state index contributed by atoms with van der Waals surface area (Å²) in [5.74, 6) is 5.82. The zero-order valence-electron chi connectivity index (χ0n) is 33.3. The second-order valence-corrected chi connectivity index (χ2v) is 19.5. The van der Waals surface area contributed by atoms with E-state index in [9.17, 15) is 24.9 Å². The zero-order chi connectivity index (χ0) is 38.7. The van der Waals surface area contributed by atoms with Crippen LogP contribution in [-0.4, -0.2) is 63.4 Å². The number of rotatable bonds is 11. The number of hydrazine groups is 1. The van der Waals surface area contributed by atoms with Crippen molar-refractivity contribution in [3.63, 3.8) is 0 Å². The molecule has 1 aromatic carbocycles. The molecule has 9 heteroatoms. The third kappa shape index (κ3) is 6.41. The Bertz CT molecular complexity index is 1710. The van der Waals surface area contributed by atoms with Gasteiger partial charge >= 0.3 is 11.9 Å². The lowest BCUT2D eigenvalue weighted by molar-refractivity contribution is -0.362. The highest BCUT2D eigenvalue weighted by atomic mass is 16.6. The number of ether oxygens (including phenoxy) is 2. The molecule has 11 atom stereocenters. The van der Waals surface area contributed by atoms with Crippen LogP contribution in [0.5, 0.6) is 0 Å². The van der Waals surface area contributed by atoms with Crippen LogP contribution in [0.15, 0.2) is 42.0 Å². The normalized spacial score (nSPS) is 41.2. The first-order chi connectivity index (χ1) is 26.3. The second kappa shape index (κ2) is 14.6. The van der Waals surface area contributed by atoms with Crippen molar-refractivity contribution >= 4 is 11.9 Å². The van der Waals surface area contributed by atoms with Crippen molar-refractivity contribution in [3.8, 4) is 11.8 Å². The van der Waals surface area contributed by atoms with Crippen molar-refractivity contribution in [1.82, 2.24) is 10.9 Å². The van der Waals surface area contributed by atoms with Gasteiger partial charge in [0.1, 0.15) is 6.61 Å². The van der Waals surface area contributed by atoms with Crippen LogP contribution in [0.1, 0.15) is 135 Å². The summed E-state index contributed by atoms with van der Waals surface area (Å²) in [6, 6.07) is 10.6. The number of benzene rings is 1. The summed E-state index contributed by atoms with van der Waals surface area (Å²) in [7, 11) is 0. The van der Waals surface area contributed by atoms with Crippen LogP contribution >= 0.6 is 0 Å². The molecular formula is C46H64N2O7. The summed E-state index contributed by atoms with van der Waals surface area (Å²) in [5, 5.41) is 40.3. The lowest BCUT2D eigenvalue weighted by atomic mass is 9.34. The summed E-state index contributed by atoms with van der Waals surface area (Å²) in [4.78, 5) is 26.1. The average molecular weight is 757 g/mol. The van der Waals surface area contributed by atoms with Crippen molar-refractivity contribution in [3.05, 3.63) is 47.5 Å². The molecule has 55 heavy (non-hydrogen) atoms. The minimum Gasteiger partial charge on any atom is -0.458 e. The molecule has 5 fully saturated rings. The zero-order valence-corrected chi connectivity index (χ0v) is 33.3. The maximum absolute atomic E-state index is 14.1. The van der Waals surface area contributed by atoms with Gasteiger partial charge < -0.3 is 24.8 Å². The quantitative estimate of drug-likeness (QED) is 0.128. The first-order valence-electron chi connectivity index (χ1n) is 21.5. The maximum atomic E-state index is 14.1. The molecule has 2 bridgehead atoms. The van der Waals surface area contributed by atoms with Crippen LogP contribution < -0.4 is 10.9 Å². The number of hydrogen-bond donors (Lipinski definition) is 5. The minimum absolute atomic E-state index is 0.112. The number of nitrogens with one attached hydrogen (secondary N) is 2. The molecule has 1 aromatic rings. The van der Waals surface area contributed by atoms with Gasteiger partial charge in [-0.1, -0.05) is 69.4 Å². The Morgan fingerprint density at radius 1 is 1.02 bits per heavy atom. The van der Waals surface area contributed by atoms with E-state index in [1.807, 2.05) is 13.0 Å². The number of fused-ring (bicyclic) bond motifs is 3. The number of aryl methyl sites for hydroxylation is 1. The van der Waals surface area contributed by atoms with E-state index in [4.69, 9.17) is 9.47 Å². The fourth-order valence-electron chi connectivity index (χ4n) is 13.8. The van der Waals surface area contributed by atoms with Crippen LogP contribution in [-0.2, 0) is 25.5 Å². The van der Waals surface area contributed by atoms with Crippen LogP contribution in [0.4, 0.5) is 0 Å². The molecule has 0 aromatic heterocycles. The Morgan fingerprint density at radius 2 is 1.80 bits per heavy atom. The summed E-state index contributed by atoms with van der Waals surface area (Å²) < 4.78 is 12.1. The number of aliphatic hydroxyl groups excluding tert-OH is 2. The van der Waals surface area contributed by atoms with E-state index in [-0.39, 0.29) is 55.6 Å². The Hall–Kier alpha value is -2.74. The van der Waals surface area contributed by atoms with Crippen LogP contribution in [0.25, 0.3) is 0 Å². The predicted molar refractivity (Wildman–Crippen MR) is 209 cm³/mol. The molecule has 8 rings (SSSR count). The van der Waals surface area contributed by atoms with E-state index in [0.717, 1.165) is 37.7 Å². The third-order valence-corrected chi connectivity index (χ3v) is 16.3. The second-order valence-electron chi connectivity index (χ2n) is 19.5. The van der Waals surface area contributed by atoms with Gasteiger partial charge in [-0.3, -0.25) is 10.2 Å². The predicted octanol–water partition coefficient (Wildman–Crippen LogP) is 6.44. The van der Waals surface area contributed by atoms with Crippen molar-refractivity contribution in [2.75, 3.05) is 6.61 Å². The number of hydrogen-bond acceptors (Lipinski definition) is 9. The molecule has 0 amide bonds. The van der Waals surface area contributed by atoms with E-state index in [1.54, 1.807) is 0 Å². The molecular weight excluding hydrogens is 693 g/mol. The van der Waals surface area contributed by atoms with Gasteiger partial charge in [0.25, 0.3) is 0 Å². The molecule has 1 saturated heterocycles. The SMILES string of the molecule is C[C@H](CCCc1ccccc1)CC[C@H](O)[C@@]12[C@H](O)CC[C@@]3(C)[C@H]4CC5(CCCC5)C[C@H]4NN[C@@]4(C[C@](C)(C#CCCC(=O)O4)[C@]1(O)CCC1=CC(=O)OC1)[C@@H]32. The highest BCUT2D eigenvalue weighted by Gasteiger charge is 2.82. The van der Waals surface area contributed by atoms with Gasteiger partial charge in [0, 0.05) is 30.9 Å². The van der Waals surface area contributed by atoms with Crippen molar-refractivity contribution in [2.45, 2.75) is 166 Å². The minimum atomic E-state index is -1.73. The maximum Gasteiger partial charge on any atom is 0.331 e. The van der Waals surface area contributed by atoms with Gasteiger partial charge in [0.15, 0.2) is 5.72 Å². The fraction of sp³-hybridized carbons (Fsp3) is 0.739. The molecule has 9 nitrogen and oxygen atoms in total. The van der Waals surface area contributed by atoms with E-state index in [1.165, 1.54) is 37.3 Å². The number of cyclic esters (lactones) is 1. The number of esters is 2. The number of carbonyl (C=O) groups is 2. The Labute approximate surface area is 327 Å². The molecule has 2 spiro atoms. The summed E-state index contributed by atoms with van der Waals surface area (Å²) >= 11 is 0. The lowest BCUT2D eigenvalue weighted by Crippen LogP contribution is -2.84. The number of carbonyl (C=O) groups excluding carboxylic acids is 2. The van der Waals surface area contributed by atoms with Gasteiger partial charge in [-0.05, 0) is 118 Å². The average Bonchev–Trinajstić information content (AvgIpc) is 3.90. The molecule has 4 aliphatic carbocycles. The van der Waals surface area contributed by atoms with Gasteiger partial charge in [0.2, 0.25) is 0 Å². The molecule has 3 heterocycles. The van der Waals surface area contributed by atoms with Gasteiger partial charge in [-0.25, -0.2) is 10.2 Å². The molecule has 300 valence electrons. The fourth-order valence-corrected chi connectivity index (χ4v) is 13.8. The summed E-state index contributed by atoms with van der Waals surface area (Å²) in [6.45, 7) is 6.66. The first kappa shape index (κ1) is 39.1. The van der Waals surface area contributed by atoms with Crippen LogP contribution in [0.3, 0.4) is 0 Å². The smallest absolute Gasteiger partial charge is 0.331 e. The standard InChI is InChI=1S/C46H64N2O7/c1-31(12-11-15-32-13-5-4-6-14-32)17-18-36(49)46-37(50)20-24-42(3)34-27-43(22-9-10-23-43)28-35(34)47-48-44(40(42)46)30-41(2,21-8-7-16-38(51)55-44)45(46,53)25-19-33-26-39(52)54-29-33/h4-6,13-14,26,31,34-37,40,47-50,53H,7,9-12,15-20,22-25,27-30H2,1-3H3/t31-,34+,35-,36+,37-,40-,41+,42+,44-,45-,46+/m1/s1. The Morgan fingerprint density at radius 3 is 2.55 bits per heavy atom. The van der Waals surface area contributed by atoms with Gasteiger partial charge in [0.05, 0.1) is 35.1 Å². The third-order valence-electron chi connectivity index (χ3n) is 16.3. The van der Waals surface area contributed by atoms with Crippen LogP contribution in [0.2, 0.25) is 0 Å². The summed E-state index contributed by atoms with van der Waals surface area (Å²) in [6.07, 6.45) is 12.5. The summed E-state index contributed by atoms with van der Waals surface area (Å²) in [5.41, 5.74) is 3.46. The highest BCUT2D eigenvalue weighted by Crippen LogP contribution is 2.75. The monoisotopic (exact) mass is 756 g/mol. The molecule has 5 N–H and O–H groups in total. The van der Waals surface area contributed by atoms with E-state index in [2.05, 4.69) is 60.8 Å². The molecule has 0 radical (unpaired) electrons.